The van der Waals surface area contributed by atoms with Gasteiger partial charge in [0.1, 0.15) is 17.5 Å². The molecule has 38 heavy (non-hydrogen) atoms. The Bertz CT molecular complexity index is 1220. The minimum absolute atomic E-state index is 0.00158. The number of rotatable bonds is 13. The van der Waals surface area contributed by atoms with Gasteiger partial charge in [-0.2, -0.15) is 0 Å². The number of carbonyl (C=O) groups is 4. The second-order valence-electron chi connectivity index (χ2n) is 9.05. The van der Waals surface area contributed by atoms with Gasteiger partial charge in [0.2, 0.25) is 6.29 Å². The van der Waals surface area contributed by atoms with Gasteiger partial charge in [0.05, 0.1) is 7.11 Å². The third kappa shape index (κ3) is 7.04. The average Bonchev–Trinajstić information content (AvgIpc) is 3.75. The Kier molecular flexibility index (Phi) is 9.72. The number of ether oxygens (including phenoxy) is 3. The molecule has 10 heteroatoms. The smallest absolute Gasteiger partial charge is 0.360 e. The Hall–Kier alpha value is -4.05. The highest BCUT2D eigenvalue weighted by atomic mass is 16.7. The van der Waals surface area contributed by atoms with Crippen LogP contribution in [0.5, 0.6) is 5.75 Å². The first-order valence-corrected chi connectivity index (χ1v) is 12.5. The van der Waals surface area contributed by atoms with Crippen LogP contribution < -0.4 is 15.8 Å². The molecule has 1 aromatic heterocycles. The van der Waals surface area contributed by atoms with E-state index in [9.17, 15) is 19.2 Å². The van der Waals surface area contributed by atoms with Crippen molar-refractivity contribution < 1.29 is 33.4 Å². The number of nitrogens with zero attached hydrogens (tertiary/aromatic N) is 1. The second-order valence-corrected chi connectivity index (χ2v) is 9.05. The zero-order valence-corrected chi connectivity index (χ0v) is 21.8. The Morgan fingerprint density at radius 1 is 1.18 bits per heavy atom. The van der Waals surface area contributed by atoms with Crippen molar-refractivity contribution in [2.45, 2.75) is 51.9 Å². The van der Waals surface area contributed by atoms with Crippen LogP contribution in [-0.4, -0.2) is 55.1 Å². The SMILES string of the molecule is C=Cc1cc(C=O)c(-c2ccc(C(=O)NCC3CC3)nc2C(=O)OC(C)OC(=O)C(N)CCC)cc1OC. The second kappa shape index (κ2) is 13.0. The van der Waals surface area contributed by atoms with Gasteiger partial charge in [-0.05, 0) is 55.0 Å². The zero-order chi connectivity index (χ0) is 27.8. The number of benzene rings is 1. The Balaban J connectivity index is 1.99. The van der Waals surface area contributed by atoms with Gasteiger partial charge >= 0.3 is 11.9 Å². The van der Waals surface area contributed by atoms with Gasteiger partial charge in [0.15, 0.2) is 12.0 Å². The molecule has 2 aromatic rings. The number of esters is 2. The molecule has 0 radical (unpaired) electrons. The molecule has 1 aliphatic carbocycles. The van der Waals surface area contributed by atoms with Gasteiger partial charge in [-0.3, -0.25) is 14.4 Å². The van der Waals surface area contributed by atoms with Crippen molar-refractivity contribution in [3.8, 4) is 16.9 Å². The lowest BCUT2D eigenvalue weighted by Gasteiger charge is -2.18. The highest BCUT2D eigenvalue weighted by molar-refractivity contribution is 6.01. The lowest BCUT2D eigenvalue weighted by Crippen LogP contribution is -2.35. The first-order valence-electron chi connectivity index (χ1n) is 12.5. The van der Waals surface area contributed by atoms with Crippen LogP contribution in [0.2, 0.25) is 0 Å². The number of carbonyl (C=O) groups excluding carboxylic acids is 4. The first-order chi connectivity index (χ1) is 18.2. The first kappa shape index (κ1) is 28.5. The Labute approximate surface area is 221 Å². The quantitative estimate of drug-likeness (QED) is 0.229. The maximum Gasteiger partial charge on any atom is 0.360 e. The van der Waals surface area contributed by atoms with Crippen LogP contribution in [0.25, 0.3) is 17.2 Å². The molecule has 2 atom stereocenters. The summed E-state index contributed by atoms with van der Waals surface area (Å²) in [5.41, 5.74) is 6.93. The standard InChI is InChI=1S/C28H33N3O7/c1-5-7-22(29)27(34)37-16(3)38-28(35)25-20(10-11-23(31-25)26(33)30-14-17-8-9-17)21-13-24(36-4)18(6-2)12-19(21)15-32/h6,10-13,15-17,22H,2,5,7-9,14,29H2,1,3-4H3,(H,30,33). The fraction of sp³-hybridized carbons (Fsp3) is 0.393. The van der Waals surface area contributed by atoms with Crippen LogP contribution in [0.4, 0.5) is 0 Å². The third-order valence-electron chi connectivity index (χ3n) is 6.07. The number of aldehydes is 1. The third-order valence-corrected chi connectivity index (χ3v) is 6.07. The zero-order valence-electron chi connectivity index (χ0n) is 21.8. The number of nitrogens with one attached hydrogen (secondary N) is 1. The van der Waals surface area contributed by atoms with Gasteiger partial charge in [-0.15, -0.1) is 0 Å². The lowest BCUT2D eigenvalue weighted by molar-refractivity contribution is -0.167. The number of hydrogen-bond donors (Lipinski definition) is 2. The number of methoxy groups -OCH3 is 1. The van der Waals surface area contributed by atoms with Gasteiger partial charge in [-0.25, -0.2) is 9.78 Å². The number of pyridine rings is 1. The molecular formula is C28H33N3O7. The van der Waals surface area contributed by atoms with Crippen LogP contribution in [0.3, 0.4) is 0 Å². The van der Waals surface area contributed by atoms with Crippen molar-refractivity contribution in [2.24, 2.45) is 11.7 Å². The molecule has 1 amide bonds. The summed E-state index contributed by atoms with van der Waals surface area (Å²) in [7, 11) is 1.46. The number of hydrogen-bond acceptors (Lipinski definition) is 9. The summed E-state index contributed by atoms with van der Waals surface area (Å²) in [5.74, 6) is -1.24. The van der Waals surface area contributed by atoms with E-state index >= 15 is 0 Å². The van der Waals surface area contributed by atoms with E-state index in [0.29, 0.717) is 48.5 Å². The molecule has 0 spiro atoms. The van der Waals surface area contributed by atoms with Crippen molar-refractivity contribution in [3.63, 3.8) is 0 Å². The molecular weight excluding hydrogens is 490 g/mol. The van der Waals surface area contributed by atoms with Crippen molar-refractivity contribution in [3.05, 3.63) is 53.4 Å². The van der Waals surface area contributed by atoms with E-state index in [1.165, 1.54) is 32.2 Å². The fourth-order valence-corrected chi connectivity index (χ4v) is 3.80. The van der Waals surface area contributed by atoms with Crippen molar-refractivity contribution in [1.82, 2.24) is 10.3 Å². The molecule has 1 aromatic carbocycles. The maximum atomic E-state index is 13.3. The fourth-order valence-electron chi connectivity index (χ4n) is 3.80. The normalized spacial score (nSPS) is 14.1. The predicted octanol–water partition coefficient (Wildman–Crippen LogP) is 3.53. The molecule has 3 rings (SSSR count). The molecule has 1 fully saturated rings. The van der Waals surface area contributed by atoms with E-state index in [1.54, 1.807) is 12.1 Å². The largest absolute Gasteiger partial charge is 0.496 e. The molecule has 10 nitrogen and oxygen atoms in total. The summed E-state index contributed by atoms with van der Waals surface area (Å²) < 4.78 is 15.9. The van der Waals surface area contributed by atoms with Crippen LogP contribution >= 0.6 is 0 Å². The summed E-state index contributed by atoms with van der Waals surface area (Å²) in [6.45, 7) is 7.50. The van der Waals surface area contributed by atoms with Gasteiger partial charge < -0.3 is 25.3 Å². The highest BCUT2D eigenvalue weighted by Crippen LogP contribution is 2.33. The van der Waals surface area contributed by atoms with E-state index < -0.39 is 30.2 Å². The van der Waals surface area contributed by atoms with Gasteiger partial charge in [-0.1, -0.05) is 26.0 Å². The van der Waals surface area contributed by atoms with Crippen LogP contribution in [0.1, 0.15) is 76.4 Å². The summed E-state index contributed by atoms with van der Waals surface area (Å²) in [6.07, 6.45) is 4.10. The molecule has 2 unspecified atom stereocenters. The van der Waals surface area contributed by atoms with Crippen LogP contribution in [0, 0.1) is 5.92 Å². The molecule has 1 aliphatic rings. The summed E-state index contributed by atoms with van der Waals surface area (Å²) >= 11 is 0. The van der Waals surface area contributed by atoms with Gasteiger partial charge in [0, 0.05) is 30.2 Å². The Morgan fingerprint density at radius 2 is 1.92 bits per heavy atom. The molecule has 0 bridgehead atoms. The van der Waals surface area contributed by atoms with Crippen molar-refractivity contribution >= 4 is 30.2 Å². The van der Waals surface area contributed by atoms with Crippen molar-refractivity contribution in [1.29, 1.82) is 0 Å². The minimum Gasteiger partial charge on any atom is -0.496 e. The highest BCUT2D eigenvalue weighted by Gasteiger charge is 2.27. The summed E-state index contributed by atoms with van der Waals surface area (Å²) in [4.78, 5) is 54.4. The molecule has 1 saturated carbocycles. The maximum absolute atomic E-state index is 13.3. The summed E-state index contributed by atoms with van der Waals surface area (Å²) in [6, 6.07) is 5.27. The number of aromatic nitrogens is 1. The molecule has 0 aliphatic heterocycles. The number of nitrogens with two attached hydrogens (primary N) is 1. The molecule has 3 N–H and O–H groups in total. The minimum atomic E-state index is -1.27. The molecule has 1 heterocycles. The van der Waals surface area contributed by atoms with Crippen LogP contribution in [-0.2, 0) is 14.3 Å². The predicted molar refractivity (Wildman–Crippen MR) is 141 cm³/mol. The number of amides is 1. The molecule has 202 valence electrons. The van der Waals surface area contributed by atoms with E-state index in [2.05, 4.69) is 16.9 Å². The monoisotopic (exact) mass is 523 g/mol. The van der Waals surface area contributed by atoms with Gasteiger partial charge in [0.25, 0.3) is 5.91 Å². The van der Waals surface area contributed by atoms with Crippen molar-refractivity contribution in [2.75, 3.05) is 13.7 Å². The lowest BCUT2D eigenvalue weighted by atomic mass is 9.95. The van der Waals surface area contributed by atoms with E-state index in [4.69, 9.17) is 19.9 Å². The Morgan fingerprint density at radius 3 is 2.53 bits per heavy atom. The van der Waals surface area contributed by atoms with E-state index in [0.717, 1.165) is 12.8 Å². The van der Waals surface area contributed by atoms with E-state index in [1.807, 2.05) is 6.92 Å². The average molecular weight is 524 g/mol. The topological polar surface area (TPSA) is 147 Å². The van der Waals surface area contributed by atoms with Crippen LogP contribution in [0.15, 0.2) is 30.8 Å². The molecule has 0 saturated heterocycles. The van der Waals surface area contributed by atoms with E-state index in [-0.39, 0.29) is 22.5 Å². The summed E-state index contributed by atoms with van der Waals surface area (Å²) in [5, 5.41) is 2.81.